The highest BCUT2D eigenvalue weighted by Crippen LogP contribution is 2.28. The maximum Gasteiger partial charge on any atom is 0.388 e. The summed E-state index contributed by atoms with van der Waals surface area (Å²) in [5.41, 5.74) is 1.23. The average molecular weight is 193 g/mol. The summed E-state index contributed by atoms with van der Waals surface area (Å²) < 4.78 is 12.9. The van der Waals surface area contributed by atoms with E-state index < -0.39 is 0 Å². The molecule has 0 amide bonds. The fraction of sp³-hybridized carbons (Fsp3) is 0.455. The maximum atomic E-state index is 12.9. The third kappa shape index (κ3) is 2.81. The number of hydrogen-bond acceptors (Lipinski definition) is 1. The van der Waals surface area contributed by atoms with Crippen LogP contribution in [0.1, 0.15) is 26.3 Å². The van der Waals surface area contributed by atoms with Crippen LogP contribution in [0.2, 0.25) is 0 Å². The molecule has 1 rings (SSSR count). The van der Waals surface area contributed by atoms with Gasteiger partial charge in [0, 0.05) is 6.07 Å². The van der Waals surface area contributed by atoms with Crippen molar-refractivity contribution in [2.24, 2.45) is 5.41 Å². The Hall–Kier alpha value is -1.43. The molecule has 0 unspecified atom stereocenters. The van der Waals surface area contributed by atoms with Crippen LogP contribution in [-0.2, 0) is 6.42 Å². The van der Waals surface area contributed by atoms with E-state index in [1.807, 2.05) is 0 Å². The molecule has 0 aromatic heterocycles. The van der Waals surface area contributed by atoms with E-state index in [0.717, 1.165) is 5.56 Å². The van der Waals surface area contributed by atoms with Gasteiger partial charge in [0.1, 0.15) is 5.82 Å². The number of nitrogens with zero attached hydrogens (tertiary/aromatic N) is 2. The lowest BCUT2D eigenvalue weighted by Crippen LogP contribution is -2.09. The second-order valence-electron chi connectivity index (χ2n) is 4.61. The van der Waals surface area contributed by atoms with Crippen LogP contribution in [0, 0.1) is 16.6 Å². The van der Waals surface area contributed by atoms with E-state index in [2.05, 4.69) is 25.7 Å². The van der Waals surface area contributed by atoms with Crippen molar-refractivity contribution in [1.29, 1.82) is 5.39 Å². The highest BCUT2D eigenvalue weighted by Gasteiger charge is 2.20. The summed E-state index contributed by atoms with van der Waals surface area (Å²) in [7, 11) is 0. The Morgan fingerprint density at radius 3 is 2.50 bits per heavy atom. The Balaban J connectivity index is 3.07. The first-order valence-electron chi connectivity index (χ1n) is 4.56. The Morgan fingerprint density at radius 2 is 2.00 bits per heavy atom. The summed E-state index contributed by atoms with van der Waals surface area (Å²) in [5.74, 6) is -0.295. The van der Waals surface area contributed by atoms with Crippen LogP contribution in [-0.4, -0.2) is 0 Å². The topological polar surface area (TPSA) is 28.1 Å². The summed E-state index contributed by atoms with van der Waals surface area (Å²) >= 11 is 0. The van der Waals surface area contributed by atoms with Crippen LogP contribution in [0.15, 0.2) is 18.2 Å². The summed E-state index contributed by atoms with van der Waals surface area (Å²) in [6.07, 6.45) is 0.685. The fourth-order valence-electron chi connectivity index (χ4n) is 1.36. The molecule has 0 aliphatic carbocycles. The van der Waals surface area contributed by atoms with Gasteiger partial charge in [0.05, 0.1) is 5.56 Å². The molecule has 0 atom stereocenters. The van der Waals surface area contributed by atoms with E-state index in [0.29, 0.717) is 12.1 Å². The highest BCUT2D eigenvalue weighted by molar-refractivity contribution is 5.51. The van der Waals surface area contributed by atoms with Gasteiger partial charge in [0.15, 0.2) is 4.98 Å². The van der Waals surface area contributed by atoms with Gasteiger partial charge < -0.3 is 0 Å². The van der Waals surface area contributed by atoms with Crippen molar-refractivity contribution in [1.82, 2.24) is 0 Å². The van der Waals surface area contributed by atoms with Crippen LogP contribution < -0.4 is 0 Å². The number of diazo groups is 1. The van der Waals surface area contributed by atoms with Crippen LogP contribution in [0.25, 0.3) is 4.98 Å². The molecule has 0 spiro atoms. The molecular weight excluding hydrogens is 179 g/mol. The normalized spacial score (nSPS) is 11.1. The van der Waals surface area contributed by atoms with Crippen molar-refractivity contribution in [2.75, 3.05) is 0 Å². The first-order chi connectivity index (χ1) is 6.42. The summed E-state index contributed by atoms with van der Waals surface area (Å²) in [5, 5.41) is 8.71. The fourth-order valence-corrected chi connectivity index (χ4v) is 1.36. The number of hydrogen-bond donors (Lipinski definition) is 0. The Bertz CT molecular complexity index is 372. The van der Waals surface area contributed by atoms with E-state index in [1.54, 1.807) is 0 Å². The molecule has 2 nitrogen and oxygen atoms in total. The maximum absolute atomic E-state index is 12.9. The first-order valence-corrected chi connectivity index (χ1v) is 4.56. The lowest BCUT2D eigenvalue weighted by atomic mass is 9.87. The van der Waals surface area contributed by atoms with Gasteiger partial charge in [-0.1, -0.05) is 20.8 Å². The van der Waals surface area contributed by atoms with Crippen molar-refractivity contribution >= 4 is 5.69 Å². The molecule has 3 heteroatoms. The van der Waals surface area contributed by atoms with Gasteiger partial charge >= 0.3 is 5.69 Å². The predicted octanol–water partition coefficient (Wildman–Crippen LogP) is 3.90. The lowest BCUT2D eigenvalue weighted by Gasteiger charge is -2.16. The number of rotatable bonds is 1. The second kappa shape index (κ2) is 3.75. The smallest absolute Gasteiger partial charge is 0.207 e. The molecule has 0 saturated carbocycles. The minimum Gasteiger partial charge on any atom is -0.207 e. The van der Waals surface area contributed by atoms with Gasteiger partial charge in [-0.25, -0.2) is 4.39 Å². The average Bonchev–Trinajstić information content (AvgIpc) is 2.01. The van der Waals surface area contributed by atoms with E-state index in [1.165, 1.54) is 18.2 Å². The Kier molecular flexibility index (Phi) is 2.85. The summed E-state index contributed by atoms with van der Waals surface area (Å²) in [6, 6.07) is 4.19. The quantitative estimate of drug-likeness (QED) is 0.621. The lowest BCUT2D eigenvalue weighted by molar-refractivity contribution is 0.411. The molecule has 0 bridgehead atoms. The molecule has 0 aliphatic heterocycles. The molecule has 1 aromatic carbocycles. The molecule has 1 aromatic rings. The molecule has 0 fully saturated rings. The van der Waals surface area contributed by atoms with Gasteiger partial charge in [-0.05, 0) is 24.0 Å². The SMILES string of the molecule is CC(C)(C)Cc1cc(F)ccc1[N+]#N. The monoisotopic (exact) mass is 193 g/mol. The third-order valence-corrected chi connectivity index (χ3v) is 1.87. The van der Waals surface area contributed by atoms with E-state index in [4.69, 9.17) is 5.39 Å². The minimum absolute atomic E-state index is 0.0488. The van der Waals surface area contributed by atoms with Crippen molar-refractivity contribution < 1.29 is 4.39 Å². The number of benzene rings is 1. The zero-order valence-corrected chi connectivity index (χ0v) is 8.71. The minimum atomic E-state index is -0.295. The molecule has 0 heterocycles. The third-order valence-electron chi connectivity index (χ3n) is 1.87. The molecular formula is C11H14FN2+. The van der Waals surface area contributed by atoms with Gasteiger partial charge in [0.2, 0.25) is 5.39 Å². The second-order valence-corrected chi connectivity index (χ2v) is 4.61. The molecule has 0 saturated heterocycles. The highest BCUT2D eigenvalue weighted by atomic mass is 19.1. The molecule has 14 heavy (non-hydrogen) atoms. The van der Waals surface area contributed by atoms with E-state index >= 15 is 0 Å². The predicted molar refractivity (Wildman–Crippen MR) is 54.3 cm³/mol. The zero-order valence-electron chi connectivity index (χ0n) is 8.71. The van der Waals surface area contributed by atoms with Crippen molar-refractivity contribution in [3.05, 3.63) is 34.6 Å². The van der Waals surface area contributed by atoms with Gasteiger partial charge in [0.25, 0.3) is 0 Å². The standard InChI is InChI=1S/C11H14FN2/c1-11(2,3)7-8-6-9(12)4-5-10(8)14-13/h4-6H,7H2,1-3H3/q+1. The van der Waals surface area contributed by atoms with Gasteiger partial charge in [-0.15, -0.1) is 0 Å². The molecule has 0 N–H and O–H groups in total. The Labute approximate surface area is 83.4 Å². The van der Waals surface area contributed by atoms with Crippen molar-refractivity contribution in [2.45, 2.75) is 27.2 Å². The first kappa shape index (κ1) is 10.6. The summed E-state index contributed by atoms with van der Waals surface area (Å²) in [6.45, 7) is 6.16. The molecule has 74 valence electrons. The largest absolute Gasteiger partial charge is 0.388 e. The molecule has 0 radical (unpaired) electrons. The molecule has 0 aliphatic rings. The van der Waals surface area contributed by atoms with Gasteiger partial charge in [-0.2, -0.15) is 0 Å². The van der Waals surface area contributed by atoms with E-state index in [-0.39, 0.29) is 11.2 Å². The van der Waals surface area contributed by atoms with Crippen LogP contribution in [0.5, 0.6) is 0 Å². The number of halogens is 1. The summed E-state index contributed by atoms with van der Waals surface area (Å²) in [4.78, 5) is 3.13. The Morgan fingerprint density at radius 1 is 1.36 bits per heavy atom. The van der Waals surface area contributed by atoms with Crippen molar-refractivity contribution in [3.63, 3.8) is 0 Å². The van der Waals surface area contributed by atoms with Gasteiger partial charge in [-0.3, -0.25) is 0 Å². The van der Waals surface area contributed by atoms with Crippen molar-refractivity contribution in [3.8, 4) is 0 Å². The van der Waals surface area contributed by atoms with E-state index in [9.17, 15) is 4.39 Å². The van der Waals surface area contributed by atoms with Crippen LogP contribution in [0.4, 0.5) is 10.1 Å². The van der Waals surface area contributed by atoms with Crippen LogP contribution >= 0.6 is 0 Å². The van der Waals surface area contributed by atoms with Crippen LogP contribution in [0.3, 0.4) is 0 Å². The zero-order chi connectivity index (χ0) is 10.8.